The normalized spacial score (nSPS) is 15.2. The van der Waals surface area contributed by atoms with E-state index in [-0.39, 0.29) is 24.1 Å². The maximum absolute atomic E-state index is 13.5. The Kier molecular flexibility index (Phi) is 5.48. The first-order chi connectivity index (χ1) is 16.1. The zero-order valence-electron chi connectivity index (χ0n) is 18.1. The van der Waals surface area contributed by atoms with Crippen molar-refractivity contribution in [2.24, 2.45) is 0 Å². The highest BCUT2D eigenvalue weighted by Crippen LogP contribution is 2.34. The number of H-pyrrole nitrogens is 1. The van der Waals surface area contributed by atoms with Gasteiger partial charge in [0.1, 0.15) is 18.3 Å². The maximum atomic E-state index is 13.5. The number of carbonyl (C=O) groups is 1. The topological polar surface area (TPSA) is 93.1 Å². The fourth-order valence-electron chi connectivity index (χ4n) is 4.21. The monoisotopic (exact) mass is 441 g/mol. The minimum atomic E-state index is -0.355. The van der Waals surface area contributed by atoms with E-state index >= 15 is 0 Å². The average Bonchev–Trinajstić information content (AvgIpc) is 3.34. The Morgan fingerprint density at radius 3 is 2.64 bits per heavy atom. The molecule has 0 saturated carbocycles. The zero-order chi connectivity index (χ0) is 22.8. The molecule has 0 radical (unpaired) electrons. The Labute approximate surface area is 190 Å². The second-order valence-electron chi connectivity index (χ2n) is 7.86. The van der Waals surface area contributed by atoms with E-state index in [1.807, 2.05) is 54.6 Å². The van der Waals surface area contributed by atoms with Gasteiger partial charge in [0.25, 0.3) is 5.56 Å². The number of amides is 1. The molecule has 1 aliphatic heterocycles. The minimum Gasteiger partial charge on any atom is -0.497 e. The lowest BCUT2D eigenvalue weighted by atomic mass is 9.95. The van der Waals surface area contributed by atoms with Crippen LogP contribution in [0.4, 0.5) is 0 Å². The molecule has 3 heterocycles. The van der Waals surface area contributed by atoms with Crippen molar-refractivity contribution in [3.63, 3.8) is 0 Å². The number of carbonyl (C=O) groups excluding carboxylic acids is 1. The fraction of sp³-hybridized carbons (Fsp3) is 0.200. The Hall–Kier alpha value is -4.20. The van der Waals surface area contributed by atoms with Crippen LogP contribution in [0.3, 0.4) is 0 Å². The van der Waals surface area contributed by atoms with Crippen LogP contribution < -0.4 is 10.3 Å². The van der Waals surface area contributed by atoms with Gasteiger partial charge in [-0.15, -0.1) is 0 Å². The molecule has 1 atom stereocenters. The van der Waals surface area contributed by atoms with E-state index < -0.39 is 0 Å². The smallest absolute Gasteiger partial charge is 0.267 e. The highest BCUT2D eigenvalue weighted by atomic mass is 16.5. The van der Waals surface area contributed by atoms with Crippen LogP contribution >= 0.6 is 0 Å². The molecule has 5 rings (SSSR count). The summed E-state index contributed by atoms with van der Waals surface area (Å²) in [6, 6.07) is 20.0. The van der Waals surface area contributed by atoms with Gasteiger partial charge in [0.15, 0.2) is 0 Å². The Morgan fingerprint density at radius 2 is 1.88 bits per heavy atom. The van der Waals surface area contributed by atoms with E-state index in [1.165, 1.54) is 10.7 Å². The van der Waals surface area contributed by atoms with Crippen LogP contribution in [0.5, 0.6) is 5.75 Å². The summed E-state index contributed by atoms with van der Waals surface area (Å²) in [6.07, 6.45) is 2.32. The van der Waals surface area contributed by atoms with Gasteiger partial charge >= 0.3 is 0 Å². The molecular formula is C25H23N5O3. The first kappa shape index (κ1) is 20.7. The molecule has 0 aliphatic carbocycles. The Morgan fingerprint density at radius 1 is 1.09 bits per heavy atom. The molecule has 1 aliphatic rings. The van der Waals surface area contributed by atoms with E-state index in [0.717, 1.165) is 28.3 Å². The SMILES string of the molecule is COc1ccc([C@@H]2c3nc[nH]c3CCN2C(=O)Cn2nc(-c3ccccc3)ccc2=O)cc1. The number of nitrogens with one attached hydrogen (secondary N) is 1. The molecule has 0 saturated heterocycles. The summed E-state index contributed by atoms with van der Waals surface area (Å²) in [5.74, 6) is 0.549. The highest BCUT2D eigenvalue weighted by molar-refractivity contribution is 5.77. The third kappa shape index (κ3) is 4.03. The third-order valence-electron chi connectivity index (χ3n) is 5.90. The summed E-state index contributed by atoms with van der Waals surface area (Å²) in [5, 5.41) is 4.45. The van der Waals surface area contributed by atoms with Crippen LogP contribution in [0, 0.1) is 0 Å². The number of hydrogen-bond acceptors (Lipinski definition) is 5. The first-order valence-electron chi connectivity index (χ1n) is 10.7. The van der Waals surface area contributed by atoms with Crippen molar-refractivity contribution < 1.29 is 9.53 Å². The van der Waals surface area contributed by atoms with Crippen molar-refractivity contribution in [1.82, 2.24) is 24.6 Å². The molecular weight excluding hydrogens is 418 g/mol. The lowest BCUT2D eigenvalue weighted by Crippen LogP contribution is -2.43. The molecule has 166 valence electrons. The third-order valence-corrected chi connectivity index (χ3v) is 5.90. The van der Waals surface area contributed by atoms with Crippen molar-refractivity contribution >= 4 is 5.91 Å². The number of fused-ring (bicyclic) bond motifs is 1. The van der Waals surface area contributed by atoms with Crippen LogP contribution in [0.15, 0.2) is 77.9 Å². The molecule has 8 heteroatoms. The summed E-state index contributed by atoms with van der Waals surface area (Å²) in [5.41, 5.74) is 3.97. The van der Waals surface area contributed by atoms with Crippen LogP contribution in [0.25, 0.3) is 11.3 Å². The number of methoxy groups -OCH3 is 1. The van der Waals surface area contributed by atoms with Crippen LogP contribution in [-0.4, -0.2) is 44.2 Å². The molecule has 8 nitrogen and oxygen atoms in total. The van der Waals surface area contributed by atoms with Crippen molar-refractivity contribution in [3.05, 3.63) is 100 Å². The van der Waals surface area contributed by atoms with Gasteiger partial charge in [-0.25, -0.2) is 9.67 Å². The lowest BCUT2D eigenvalue weighted by molar-refractivity contribution is -0.134. The van der Waals surface area contributed by atoms with Crippen LogP contribution in [0.1, 0.15) is 23.0 Å². The molecule has 0 fully saturated rings. The number of hydrogen-bond donors (Lipinski definition) is 1. The van der Waals surface area contributed by atoms with Gasteiger partial charge in [-0.3, -0.25) is 9.59 Å². The van der Waals surface area contributed by atoms with E-state index in [4.69, 9.17) is 4.74 Å². The number of benzene rings is 2. The molecule has 1 N–H and O–H groups in total. The number of rotatable bonds is 5. The van der Waals surface area contributed by atoms with Crippen molar-refractivity contribution in [2.75, 3.05) is 13.7 Å². The summed E-state index contributed by atoms with van der Waals surface area (Å²) < 4.78 is 6.51. The summed E-state index contributed by atoms with van der Waals surface area (Å²) in [6.45, 7) is 0.365. The van der Waals surface area contributed by atoms with Crippen molar-refractivity contribution in [2.45, 2.75) is 19.0 Å². The van der Waals surface area contributed by atoms with Crippen LogP contribution in [0.2, 0.25) is 0 Å². The molecule has 0 spiro atoms. The number of imidazole rings is 1. The quantitative estimate of drug-likeness (QED) is 0.514. The second kappa shape index (κ2) is 8.74. The van der Waals surface area contributed by atoms with Gasteiger partial charge in [-0.05, 0) is 23.8 Å². The standard InChI is InChI=1S/C25H23N5O3/c1-33-19-9-7-18(8-10-19)25-24-21(26-16-27-24)13-14-29(25)23(32)15-30-22(31)12-11-20(28-30)17-5-3-2-4-6-17/h2-12,16,25H,13-15H2,1H3,(H,26,27)/t25-/m1/s1. The molecule has 4 aromatic rings. The largest absolute Gasteiger partial charge is 0.497 e. The summed E-state index contributed by atoms with van der Waals surface area (Å²) >= 11 is 0. The maximum Gasteiger partial charge on any atom is 0.267 e. The first-order valence-corrected chi connectivity index (χ1v) is 10.7. The minimum absolute atomic E-state index is 0.147. The summed E-state index contributed by atoms with van der Waals surface area (Å²) in [4.78, 5) is 35.4. The zero-order valence-corrected chi connectivity index (χ0v) is 18.1. The molecule has 1 amide bonds. The number of ether oxygens (including phenoxy) is 1. The predicted molar refractivity (Wildman–Crippen MR) is 123 cm³/mol. The van der Waals surface area contributed by atoms with Gasteiger partial charge in [-0.2, -0.15) is 5.10 Å². The van der Waals surface area contributed by atoms with Gasteiger partial charge in [0.05, 0.1) is 24.8 Å². The van der Waals surface area contributed by atoms with Gasteiger partial charge in [0.2, 0.25) is 5.91 Å². The van der Waals surface area contributed by atoms with Gasteiger partial charge in [0, 0.05) is 30.3 Å². The van der Waals surface area contributed by atoms with E-state index in [9.17, 15) is 9.59 Å². The molecule has 0 bridgehead atoms. The lowest BCUT2D eigenvalue weighted by Gasteiger charge is -2.35. The Bertz CT molecular complexity index is 1330. The van der Waals surface area contributed by atoms with E-state index in [2.05, 4.69) is 15.1 Å². The van der Waals surface area contributed by atoms with Crippen LogP contribution in [-0.2, 0) is 17.8 Å². The van der Waals surface area contributed by atoms with E-state index in [0.29, 0.717) is 18.7 Å². The number of aromatic nitrogens is 4. The predicted octanol–water partition coefficient (Wildman–Crippen LogP) is 2.82. The molecule has 2 aromatic carbocycles. The summed E-state index contributed by atoms with van der Waals surface area (Å²) in [7, 11) is 1.62. The Balaban J connectivity index is 1.46. The van der Waals surface area contributed by atoms with Crippen molar-refractivity contribution in [3.8, 4) is 17.0 Å². The van der Waals surface area contributed by atoms with E-state index in [1.54, 1.807) is 24.4 Å². The van der Waals surface area contributed by atoms with Gasteiger partial charge < -0.3 is 14.6 Å². The fourth-order valence-corrected chi connectivity index (χ4v) is 4.21. The highest BCUT2D eigenvalue weighted by Gasteiger charge is 2.34. The average molecular weight is 441 g/mol. The second-order valence-corrected chi connectivity index (χ2v) is 7.86. The molecule has 0 unspecified atom stereocenters. The van der Waals surface area contributed by atoms with Gasteiger partial charge in [-0.1, -0.05) is 42.5 Å². The number of aromatic amines is 1. The molecule has 2 aromatic heterocycles. The number of nitrogens with zero attached hydrogens (tertiary/aromatic N) is 4. The molecule has 33 heavy (non-hydrogen) atoms. The van der Waals surface area contributed by atoms with Crippen molar-refractivity contribution in [1.29, 1.82) is 0 Å².